The van der Waals surface area contributed by atoms with E-state index in [0.717, 1.165) is 0 Å². The Bertz CT molecular complexity index is 751. The lowest BCUT2D eigenvalue weighted by Gasteiger charge is -2.36. The third kappa shape index (κ3) is 2.56. The van der Waals surface area contributed by atoms with Crippen molar-refractivity contribution in [3.8, 4) is 0 Å². The van der Waals surface area contributed by atoms with Crippen molar-refractivity contribution < 1.29 is 14.0 Å². The van der Waals surface area contributed by atoms with Crippen molar-refractivity contribution in [1.82, 2.24) is 9.88 Å². The predicted octanol–water partition coefficient (Wildman–Crippen LogP) is 1.72. The van der Waals surface area contributed by atoms with E-state index in [2.05, 4.69) is 4.98 Å². The van der Waals surface area contributed by atoms with Crippen LogP contribution in [-0.2, 0) is 21.7 Å². The van der Waals surface area contributed by atoms with Gasteiger partial charge in [0.15, 0.2) is 0 Å². The average Bonchev–Trinajstić information content (AvgIpc) is 2.87. The number of primary amides is 1. The molecular formula is C17H16FN3O2. The number of hydrogen-bond donors (Lipinski definition) is 1. The summed E-state index contributed by atoms with van der Waals surface area (Å²) < 4.78 is 13.6. The molecule has 0 aliphatic carbocycles. The number of aromatic nitrogens is 1. The van der Waals surface area contributed by atoms with Gasteiger partial charge in [-0.15, -0.1) is 0 Å². The Hall–Kier alpha value is -2.76. The molecule has 0 radical (unpaired) electrons. The third-order valence-corrected chi connectivity index (χ3v) is 4.22. The molecular weight excluding hydrogens is 297 g/mol. The molecule has 2 amide bonds. The van der Waals surface area contributed by atoms with E-state index in [1.165, 1.54) is 23.1 Å². The van der Waals surface area contributed by atoms with Crippen molar-refractivity contribution in [2.24, 2.45) is 5.73 Å². The van der Waals surface area contributed by atoms with Crippen molar-refractivity contribution in [3.05, 3.63) is 65.7 Å². The number of carbonyl (C=O) groups excluding carboxylic acids is 2. The normalized spacial score (nSPS) is 20.7. The Morgan fingerprint density at radius 2 is 2.13 bits per heavy atom. The summed E-state index contributed by atoms with van der Waals surface area (Å²) in [6, 6.07) is 11.0. The zero-order valence-corrected chi connectivity index (χ0v) is 12.4. The van der Waals surface area contributed by atoms with Crippen molar-refractivity contribution in [2.45, 2.75) is 24.9 Å². The molecule has 1 fully saturated rings. The fraction of sp³-hybridized carbons (Fsp3) is 0.235. The van der Waals surface area contributed by atoms with Gasteiger partial charge in [0.05, 0.1) is 12.2 Å². The zero-order valence-electron chi connectivity index (χ0n) is 12.4. The molecule has 2 heterocycles. The highest BCUT2D eigenvalue weighted by molar-refractivity contribution is 5.94. The molecule has 5 nitrogen and oxygen atoms in total. The van der Waals surface area contributed by atoms with E-state index in [0.29, 0.717) is 11.3 Å². The van der Waals surface area contributed by atoms with Gasteiger partial charge in [-0.25, -0.2) is 4.39 Å². The fourth-order valence-electron chi connectivity index (χ4n) is 3.09. The minimum atomic E-state index is -1.34. The second-order valence-electron chi connectivity index (χ2n) is 5.54. The molecule has 1 saturated heterocycles. The van der Waals surface area contributed by atoms with E-state index in [1.54, 1.807) is 30.5 Å². The number of likely N-dealkylation sites (tertiary alicyclic amines) is 1. The topological polar surface area (TPSA) is 76.3 Å². The largest absolute Gasteiger partial charge is 0.367 e. The molecule has 0 spiro atoms. The molecule has 3 rings (SSSR count). The van der Waals surface area contributed by atoms with Gasteiger partial charge in [-0.05, 0) is 36.2 Å². The molecule has 2 N–H and O–H groups in total. The van der Waals surface area contributed by atoms with Crippen LogP contribution in [0.5, 0.6) is 0 Å². The number of nitrogens with zero attached hydrogens (tertiary/aromatic N) is 2. The summed E-state index contributed by atoms with van der Waals surface area (Å²) >= 11 is 0. The Morgan fingerprint density at radius 3 is 2.78 bits per heavy atom. The highest BCUT2D eigenvalue weighted by atomic mass is 19.1. The first-order valence-electron chi connectivity index (χ1n) is 7.30. The number of carbonyl (C=O) groups is 2. The van der Waals surface area contributed by atoms with Crippen molar-refractivity contribution >= 4 is 11.8 Å². The monoisotopic (exact) mass is 313 g/mol. The van der Waals surface area contributed by atoms with E-state index in [-0.39, 0.29) is 25.3 Å². The van der Waals surface area contributed by atoms with E-state index >= 15 is 0 Å². The van der Waals surface area contributed by atoms with Gasteiger partial charge in [-0.2, -0.15) is 0 Å². The first-order valence-corrected chi connectivity index (χ1v) is 7.30. The van der Waals surface area contributed by atoms with E-state index in [4.69, 9.17) is 5.73 Å². The Morgan fingerprint density at radius 1 is 1.30 bits per heavy atom. The van der Waals surface area contributed by atoms with Gasteiger partial charge in [-0.3, -0.25) is 14.6 Å². The maximum atomic E-state index is 13.6. The van der Waals surface area contributed by atoms with Gasteiger partial charge in [-0.1, -0.05) is 18.2 Å². The summed E-state index contributed by atoms with van der Waals surface area (Å²) in [5, 5.41) is 0. The van der Waals surface area contributed by atoms with Crippen LogP contribution in [0.2, 0.25) is 0 Å². The predicted molar refractivity (Wildman–Crippen MR) is 81.3 cm³/mol. The maximum Gasteiger partial charge on any atom is 0.248 e. The molecule has 0 saturated carbocycles. The van der Waals surface area contributed by atoms with Crippen LogP contribution in [-0.4, -0.2) is 21.7 Å². The fourth-order valence-corrected chi connectivity index (χ4v) is 3.09. The summed E-state index contributed by atoms with van der Waals surface area (Å²) in [6.07, 6.45) is 2.04. The SMILES string of the molecule is NC(=O)C1(c2cccc(F)c2)CCC(=O)N1Cc1ccccn1. The number of nitrogens with two attached hydrogens (primary N) is 1. The van der Waals surface area contributed by atoms with Crippen molar-refractivity contribution in [1.29, 1.82) is 0 Å². The molecule has 1 aromatic heterocycles. The van der Waals surface area contributed by atoms with Crippen LogP contribution < -0.4 is 5.73 Å². The number of halogens is 1. The van der Waals surface area contributed by atoms with Crippen LogP contribution in [0.4, 0.5) is 4.39 Å². The molecule has 1 aliphatic rings. The number of hydrogen-bond acceptors (Lipinski definition) is 3. The van der Waals surface area contributed by atoms with Gasteiger partial charge < -0.3 is 10.6 Å². The van der Waals surface area contributed by atoms with Crippen LogP contribution >= 0.6 is 0 Å². The molecule has 118 valence electrons. The van der Waals surface area contributed by atoms with Crippen molar-refractivity contribution in [3.63, 3.8) is 0 Å². The maximum absolute atomic E-state index is 13.6. The standard InChI is InChI=1S/C17H16FN3O2/c18-13-5-3-4-12(10-13)17(16(19)23)8-7-15(22)21(17)11-14-6-1-2-9-20-14/h1-6,9-10H,7-8,11H2,(H2,19,23). The smallest absolute Gasteiger partial charge is 0.248 e. The highest BCUT2D eigenvalue weighted by Gasteiger charge is 2.51. The lowest BCUT2D eigenvalue weighted by Crippen LogP contribution is -2.52. The Labute approximate surface area is 132 Å². The van der Waals surface area contributed by atoms with Crippen LogP contribution in [0, 0.1) is 5.82 Å². The van der Waals surface area contributed by atoms with Gasteiger partial charge in [0.2, 0.25) is 11.8 Å². The minimum absolute atomic E-state index is 0.152. The zero-order chi connectivity index (χ0) is 16.4. The van der Waals surface area contributed by atoms with Gasteiger partial charge >= 0.3 is 0 Å². The molecule has 23 heavy (non-hydrogen) atoms. The summed E-state index contributed by atoms with van der Waals surface area (Å²) in [7, 11) is 0. The second kappa shape index (κ2) is 5.79. The number of benzene rings is 1. The Kier molecular flexibility index (Phi) is 3.82. The molecule has 0 bridgehead atoms. The first kappa shape index (κ1) is 15.1. The molecule has 6 heteroatoms. The third-order valence-electron chi connectivity index (χ3n) is 4.22. The van der Waals surface area contributed by atoms with Gasteiger partial charge in [0, 0.05) is 12.6 Å². The molecule has 1 aliphatic heterocycles. The van der Waals surface area contributed by atoms with E-state index in [9.17, 15) is 14.0 Å². The first-order chi connectivity index (χ1) is 11.0. The Balaban J connectivity index is 2.07. The van der Waals surface area contributed by atoms with E-state index < -0.39 is 17.3 Å². The molecule has 1 atom stereocenters. The molecule has 2 aromatic rings. The average molecular weight is 313 g/mol. The van der Waals surface area contributed by atoms with E-state index in [1.807, 2.05) is 0 Å². The van der Waals surface area contributed by atoms with Gasteiger partial charge in [0.1, 0.15) is 11.4 Å². The van der Waals surface area contributed by atoms with Crippen LogP contribution in [0.25, 0.3) is 0 Å². The summed E-state index contributed by atoms with van der Waals surface area (Å²) in [4.78, 5) is 30.2. The number of amides is 2. The lowest BCUT2D eigenvalue weighted by molar-refractivity contribution is -0.141. The second-order valence-corrected chi connectivity index (χ2v) is 5.54. The van der Waals surface area contributed by atoms with Crippen LogP contribution in [0.3, 0.4) is 0 Å². The highest BCUT2D eigenvalue weighted by Crippen LogP contribution is 2.40. The number of pyridine rings is 1. The summed E-state index contributed by atoms with van der Waals surface area (Å²) in [5.41, 5.74) is 5.35. The van der Waals surface area contributed by atoms with Gasteiger partial charge in [0.25, 0.3) is 0 Å². The van der Waals surface area contributed by atoms with Crippen LogP contribution in [0.1, 0.15) is 24.1 Å². The minimum Gasteiger partial charge on any atom is -0.367 e. The quantitative estimate of drug-likeness (QED) is 0.934. The van der Waals surface area contributed by atoms with Crippen LogP contribution in [0.15, 0.2) is 48.7 Å². The number of rotatable bonds is 4. The summed E-state index contributed by atoms with van der Waals surface area (Å²) in [6.45, 7) is 0.152. The molecule has 1 unspecified atom stereocenters. The summed E-state index contributed by atoms with van der Waals surface area (Å²) in [5.74, 6) is -1.33. The van der Waals surface area contributed by atoms with Crippen molar-refractivity contribution in [2.75, 3.05) is 0 Å². The molecule has 1 aromatic carbocycles. The lowest BCUT2D eigenvalue weighted by atomic mass is 9.86.